The second kappa shape index (κ2) is 7.90. The zero-order valence-electron chi connectivity index (χ0n) is 16.7. The van der Waals surface area contributed by atoms with Crippen LogP contribution in [0.15, 0.2) is 24.3 Å². The molecule has 4 rings (SSSR count). The Morgan fingerprint density at radius 3 is 2.82 bits per heavy atom. The smallest absolute Gasteiger partial charge is 0.339 e. The molecule has 0 unspecified atom stereocenters. The quantitative estimate of drug-likeness (QED) is 0.819. The predicted molar refractivity (Wildman–Crippen MR) is 108 cm³/mol. The van der Waals surface area contributed by atoms with Gasteiger partial charge in [-0.05, 0) is 49.1 Å². The van der Waals surface area contributed by atoms with Crippen LogP contribution < -0.4 is 5.32 Å². The van der Waals surface area contributed by atoms with Crippen LogP contribution in [0.2, 0.25) is 0 Å². The number of hydrogen-bond acceptors (Lipinski definition) is 4. The van der Waals surface area contributed by atoms with E-state index in [1.54, 1.807) is 0 Å². The number of hydrogen-bond donors (Lipinski definition) is 1. The van der Waals surface area contributed by atoms with Crippen molar-refractivity contribution in [1.29, 1.82) is 0 Å². The lowest BCUT2D eigenvalue weighted by Crippen LogP contribution is -2.45. The van der Waals surface area contributed by atoms with Gasteiger partial charge in [-0.1, -0.05) is 44.9 Å². The molecule has 1 heterocycles. The normalized spacial score (nSPS) is 24.0. The molecule has 2 aliphatic rings. The number of nitrogens with one attached hydrogen (secondary N) is 1. The van der Waals surface area contributed by atoms with E-state index in [1.807, 2.05) is 24.3 Å². The van der Waals surface area contributed by atoms with Crippen LogP contribution in [0.25, 0.3) is 10.9 Å². The van der Waals surface area contributed by atoms with Crippen LogP contribution in [0.3, 0.4) is 0 Å². The highest BCUT2D eigenvalue weighted by Gasteiger charge is 2.29. The Kier molecular flexibility index (Phi) is 5.33. The van der Waals surface area contributed by atoms with Crippen molar-refractivity contribution in [3.8, 4) is 0 Å². The molecule has 1 amide bonds. The number of esters is 1. The third kappa shape index (κ3) is 3.62. The number of aryl methyl sites for hydroxylation is 1. The number of fused-ring (bicyclic) bond motifs is 2. The van der Waals surface area contributed by atoms with E-state index in [1.165, 1.54) is 6.42 Å². The molecule has 148 valence electrons. The fourth-order valence-electron chi connectivity index (χ4n) is 4.68. The molecule has 3 atom stereocenters. The first-order chi connectivity index (χ1) is 13.5. The highest BCUT2D eigenvalue weighted by Crippen LogP contribution is 2.31. The molecule has 0 spiro atoms. The van der Waals surface area contributed by atoms with Crippen LogP contribution in [0, 0.1) is 11.8 Å². The molecule has 1 fully saturated rings. The predicted octanol–water partition coefficient (Wildman–Crippen LogP) is 3.82. The summed E-state index contributed by atoms with van der Waals surface area (Å²) in [4.78, 5) is 30.0. The number of rotatable bonds is 4. The van der Waals surface area contributed by atoms with E-state index in [0.29, 0.717) is 17.4 Å². The number of carbonyl (C=O) groups excluding carboxylic acids is 2. The fourth-order valence-corrected chi connectivity index (χ4v) is 4.68. The lowest BCUT2D eigenvalue weighted by Gasteiger charge is -2.34. The number of para-hydroxylation sites is 1. The van der Waals surface area contributed by atoms with Crippen molar-refractivity contribution in [3.63, 3.8) is 0 Å². The Hall–Kier alpha value is -2.43. The largest absolute Gasteiger partial charge is 0.452 e. The van der Waals surface area contributed by atoms with Gasteiger partial charge >= 0.3 is 5.97 Å². The van der Waals surface area contributed by atoms with E-state index in [2.05, 4.69) is 19.2 Å². The van der Waals surface area contributed by atoms with Crippen molar-refractivity contribution >= 4 is 22.8 Å². The maximum Gasteiger partial charge on any atom is 0.339 e. The fraction of sp³-hybridized carbons (Fsp3) is 0.522. The molecule has 2 aliphatic carbocycles. The van der Waals surface area contributed by atoms with Crippen LogP contribution in [-0.2, 0) is 22.4 Å². The highest BCUT2D eigenvalue weighted by atomic mass is 16.5. The average Bonchev–Trinajstić information content (AvgIpc) is 3.15. The van der Waals surface area contributed by atoms with Gasteiger partial charge in [-0.2, -0.15) is 0 Å². The summed E-state index contributed by atoms with van der Waals surface area (Å²) in [5, 5.41) is 3.88. The van der Waals surface area contributed by atoms with Gasteiger partial charge in [-0.15, -0.1) is 0 Å². The van der Waals surface area contributed by atoms with Crippen LogP contribution in [-0.4, -0.2) is 29.5 Å². The number of amides is 1. The summed E-state index contributed by atoms with van der Waals surface area (Å²) in [5.41, 5.74) is 3.37. The first-order valence-corrected chi connectivity index (χ1v) is 10.4. The number of carbonyl (C=O) groups is 2. The van der Waals surface area contributed by atoms with Crippen LogP contribution in [0.5, 0.6) is 0 Å². The number of benzene rings is 1. The van der Waals surface area contributed by atoms with Gasteiger partial charge in [0.25, 0.3) is 5.91 Å². The third-order valence-corrected chi connectivity index (χ3v) is 6.51. The molecule has 1 N–H and O–H groups in total. The SMILES string of the molecule is C[C@@H]1[C@H](C)CCC[C@@H]1NC(=O)COC(=O)c1c2c(nc3ccccc13)CCC2. The second-order valence-corrected chi connectivity index (χ2v) is 8.30. The van der Waals surface area contributed by atoms with Crippen LogP contribution in [0.4, 0.5) is 0 Å². The minimum absolute atomic E-state index is 0.168. The van der Waals surface area contributed by atoms with E-state index in [4.69, 9.17) is 9.72 Å². The van der Waals surface area contributed by atoms with Gasteiger partial charge in [-0.25, -0.2) is 4.79 Å². The summed E-state index contributed by atoms with van der Waals surface area (Å²) in [6.07, 6.45) is 6.05. The lowest BCUT2D eigenvalue weighted by atomic mass is 9.78. The Morgan fingerprint density at radius 1 is 1.14 bits per heavy atom. The molecule has 2 aromatic rings. The molecular formula is C23H28N2O3. The number of nitrogens with zero attached hydrogens (tertiary/aromatic N) is 1. The first kappa shape index (κ1) is 18.9. The third-order valence-electron chi connectivity index (χ3n) is 6.51. The lowest BCUT2D eigenvalue weighted by molar-refractivity contribution is -0.125. The molecule has 0 aliphatic heterocycles. The maximum absolute atomic E-state index is 12.9. The van der Waals surface area contributed by atoms with Gasteiger partial charge in [-0.3, -0.25) is 9.78 Å². The Labute approximate surface area is 165 Å². The van der Waals surface area contributed by atoms with E-state index in [9.17, 15) is 9.59 Å². The zero-order valence-corrected chi connectivity index (χ0v) is 16.7. The summed E-state index contributed by atoms with van der Waals surface area (Å²) in [5.74, 6) is 0.416. The van der Waals surface area contributed by atoms with Gasteiger partial charge in [0.1, 0.15) is 0 Å². The van der Waals surface area contributed by atoms with E-state index in [0.717, 1.165) is 54.3 Å². The molecular weight excluding hydrogens is 352 g/mol. The van der Waals surface area contributed by atoms with E-state index in [-0.39, 0.29) is 18.6 Å². The molecule has 1 aromatic heterocycles. The summed E-state index contributed by atoms with van der Waals surface area (Å²) in [7, 11) is 0. The topological polar surface area (TPSA) is 68.3 Å². The summed E-state index contributed by atoms with van der Waals surface area (Å²) >= 11 is 0. The summed E-state index contributed by atoms with van der Waals surface area (Å²) < 4.78 is 5.45. The van der Waals surface area contributed by atoms with Gasteiger partial charge in [0.2, 0.25) is 0 Å². The highest BCUT2D eigenvalue weighted by molar-refractivity contribution is 6.05. The Morgan fingerprint density at radius 2 is 1.96 bits per heavy atom. The molecule has 1 aromatic carbocycles. The second-order valence-electron chi connectivity index (χ2n) is 8.30. The van der Waals surface area contributed by atoms with Crippen molar-refractivity contribution in [3.05, 3.63) is 41.1 Å². The Balaban J connectivity index is 1.47. The molecule has 0 bridgehead atoms. The summed E-state index contributed by atoms with van der Waals surface area (Å²) in [6.45, 7) is 4.19. The minimum Gasteiger partial charge on any atom is -0.452 e. The van der Waals surface area contributed by atoms with E-state index < -0.39 is 5.97 Å². The molecule has 0 saturated heterocycles. The number of aromatic nitrogens is 1. The summed E-state index contributed by atoms with van der Waals surface area (Å²) in [6, 6.07) is 7.82. The number of ether oxygens (including phenoxy) is 1. The molecule has 5 nitrogen and oxygen atoms in total. The van der Waals surface area contributed by atoms with Gasteiger partial charge in [0.15, 0.2) is 6.61 Å². The number of pyridine rings is 1. The van der Waals surface area contributed by atoms with E-state index >= 15 is 0 Å². The zero-order chi connectivity index (χ0) is 19.7. The molecule has 0 radical (unpaired) electrons. The van der Waals surface area contributed by atoms with Crippen molar-refractivity contribution < 1.29 is 14.3 Å². The van der Waals surface area contributed by atoms with Crippen molar-refractivity contribution in [1.82, 2.24) is 10.3 Å². The monoisotopic (exact) mass is 380 g/mol. The van der Waals surface area contributed by atoms with Crippen LogP contribution >= 0.6 is 0 Å². The first-order valence-electron chi connectivity index (χ1n) is 10.4. The molecule has 28 heavy (non-hydrogen) atoms. The maximum atomic E-state index is 12.9. The standard InChI is InChI=1S/C23H28N2O3/c1-14-7-5-11-18(15(14)2)25-21(26)13-28-23(27)22-16-8-3-4-10-19(16)24-20-12-6-9-17(20)22/h3-4,8,10,14-15,18H,5-7,9,11-13H2,1-2H3,(H,25,26)/t14-,15-,18+/m1/s1. The Bertz CT molecular complexity index is 908. The van der Waals surface area contributed by atoms with Gasteiger partial charge in [0, 0.05) is 17.1 Å². The van der Waals surface area contributed by atoms with Gasteiger partial charge < -0.3 is 10.1 Å². The van der Waals surface area contributed by atoms with Crippen molar-refractivity contribution in [2.45, 2.75) is 58.4 Å². The van der Waals surface area contributed by atoms with Crippen LogP contribution in [0.1, 0.15) is 61.1 Å². The molecule has 1 saturated carbocycles. The van der Waals surface area contributed by atoms with Crippen molar-refractivity contribution in [2.75, 3.05) is 6.61 Å². The van der Waals surface area contributed by atoms with Gasteiger partial charge in [0.05, 0.1) is 11.1 Å². The average molecular weight is 380 g/mol. The molecule has 5 heteroatoms. The minimum atomic E-state index is -0.419. The van der Waals surface area contributed by atoms with Crippen molar-refractivity contribution in [2.24, 2.45) is 11.8 Å².